The molecule has 0 aliphatic heterocycles. The third-order valence-electron chi connectivity index (χ3n) is 7.06. The van der Waals surface area contributed by atoms with Crippen molar-refractivity contribution in [3.63, 3.8) is 0 Å². The fraction of sp³-hybridized carbons (Fsp3) is 0.583. The van der Waals surface area contributed by atoms with Crippen molar-refractivity contribution >= 4 is 49.1 Å². The maximum Gasteiger partial charge on any atom is 0.292 e. The SMILES string of the molecule is CC(C)(C)[Si](C)(C)OC(=O)CCc1cn2c(n1)sc1cc(O[Si](C)(C)C(C)(C)C)ccc12. The smallest absolute Gasteiger partial charge is 0.292 e. The number of carbonyl (C=O) groups excluding carboxylic acids is 1. The summed E-state index contributed by atoms with van der Waals surface area (Å²) in [4.78, 5) is 18.1. The van der Waals surface area contributed by atoms with Crippen LogP contribution in [0, 0.1) is 0 Å². The van der Waals surface area contributed by atoms with Crippen LogP contribution in [0.4, 0.5) is 0 Å². The first-order chi connectivity index (χ1) is 14.5. The van der Waals surface area contributed by atoms with Crippen molar-refractivity contribution in [2.45, 2.75) is 90.6 Å². The Morgan fingerprint density at radius 2 is 1.66 bits per heavy atom. The fourth-order valence-corrected chi connectivity index (χ4v) is 5.93. The molecule has 8 heteroatoms. The average Bonchev–Trinajstić information content (AvgIpc) is 3.14. The Bertz CT molecular complexity index is 1130. The van der Waals surface area contributed by atoms with Crippen molar-refractivity contribution in [3.8, 4) is 5.75 Å². The van der Waals surface area contributed by atoms with Gasteiger partial charge >= 0.3 is 0 Å². The van der Waals surface area contributed by atoms with E-state index in [-0.39, 0.29) is 16.0 Å². The highest BCUT2D eigenvalue weighted by Gasteiger charge is 2.40. The van der Waals surface area contributed by atoms with E-state index in [1.54, 1.807) is 11.3 Å². The summed E-state index contributed by atoms with van der Waals surface area (Å²) in [6.07, 6.45) is 3.00. The average molecular weight is 491 g/mol. The Labute approximate surface area is 198 Å². The van der Waals surface area contributed by atoms with Crippen LogP contribution in [0.25, 0.3) is 15.2 Å². The van der Waals surface area contributed by atoms with Crippen molar-refractivity contribution in [3.05, 3.63) is 30.1 Å². The number of carbonyl (C=O) groups is 1. The minimum atomic E-state index is -2.08. The van der Waals surface area contributed by atoms with Crippen molar-refractivity contribution in [2.75, 3.05) is 0 Å². The van der Waals surface area contributed by atoms with Gasteiger partial charge in [0.1, 0.15) is 5.75 Å². The summed E-state index contributed by atoms with van der Waals surface area (Å²) in [5.41, 5.74) is 2.04. The van der Waals surface area contributed by atoms with Gasteiger partial charge in [0.2, 0.25) is 8.32 Å². The lowest BCUT2D eigenvalue weighted by Gasteiger charge is -2.36. The first kappa shape index (κ1) is 25.0. The topological polar surface area (TPSA) is 52.8 Å². The number of fused-ring (bicyclic) bond motifs is 3. The van der Waals surface area contributed by atoms with Gasteiger partial charge in [-0.05, 0) is 54.5 Å². The molecule has 0 N–H and O–H groups in total. The lowest BCUT2D eigenvalue weighted by Crippen LogP contribution is -2.43. The van der Waals surface area contributed by atoms with Gasteiger partial charge in [0, 0.05) is 19.0 Å². The number of aromatic nitrogens is 2. The van der Waals surface area contributed by atoms with E-state index >= 15 is 0 Å². The number of nitrogens with zero attached hydrogens (tertiary/aromatic N) is 2. The summed E-state index contributed by atoms with van der Waals surface area (Å²) in [5.74, 6) is 0.812. The molecule has 0 aliphatic rings. The molecule has 32 heavy (non-hydrogen) atoms. The zero-order chi connectivity index (χ0) is 24.1. The van der Waals surface area contributed by atoms with Gasteiger partial charge in [0.05, 0.1) is 15.9 Å². The normalized spacial score (nSPS) is 13.7. The number of benzene rings is 1. The van der Waals surface area contributed by atoms with E-state index in [9.17, 15) is 4.79 Å². The molecule has 1 aromatic carbocycles. The van der Waals surface area contributed by atoms with E-state index in [2.05, 4.69) is 90.3 Å². The van der Waals surface area contributed by atoms with E-state index < -0.39 is 16.6 Å². The van der Waals surface area contributed by atoms with E-state index in [1.807, 2.05) is 6.20 Å². The van der Waals surface area contributed by atoms with Gasteiger partial charge in [-0.25, -0.2) is 4.98 Å². The molecule has 0 atom stereocenters. The summed E-state index contributed by atoms with van der Waals surface area (Å²) in [6.45, 7) is 21.9. The second-order valence-corrected chi connectivity index (χ2v) is 22.2. The number of hydrogen-bond donors (Lipinski definition) is 0. The fourth-order valence-electron chi connectivity index (χ4n) is 2.88. The minimum absolute atomic E-state index is 0.0196. The zero-order valence-corrected chi connectivity index (χ0v) is 24.1. The summed E-state index contributed by atoms with van der Waals surface area (Å²) < 4.78 is 15.6. The predicted octanol–water partition coefficient (Wildman–Crippen LogP) is 7.41. The van der Waals surface area contributed by atoms with Crippen LogP contribution in [0.3, 0.4) is 0 Å². The quantitative estimate of drug-likeness (QED) is 0.337. The molecule has 0 saturated carbocycles. The van der Waals surface area contributed by atoms with E-state index in [0.717, 1.165) is 26.6 Å². The van der Waals surface area contributed by atoms with Crippen LogP contribution in [0.2, 0.25) is 36.3 Å². The van der Waals surface area contributed by atoms with Crippen molar-refractivity contribution in [1.82, 2.24) is 9.38 Å². The van der Waals surface area contributed by atoms with Gasteiger partial charge in [-0.1, -0.05) is 52.9 Å². The van der Waals surface area contributed by atoms with Crippen LogP contribution in [-0.4, -0.2) is 32.0 Å². The van der Waals surface area contributed by atoms with E-state index in [1.165, 1.54) is 0 Å². The van der Waals surface area contributed by atoms with Crippen molar-refractivity contribution < 1.29 is 13.6 Å². The standard InChI is InChI=1S/C24H38N2O3SSi2/c1-23(2,3)31(7,8)28-18-12-13-19-20(15-18)30-22-25-17(16-26(19)22)11-14-21(27)29-32(9,10)24(4,5)6/h12-13,15-16H,11,14H2,1-10H3. The zero-order valence-electron chi connectivity index (χ0n) is 21.3. The Hall–Kier alpha value is -1.65. The molecule has 0 spiro atoms. The Morgan fingerprint density at radius 1 is 1.03 bits per heavy atom. The predicted molar refractivity (Wildman–Crippen MR) is 140 cm³/mol. The molecule has 0 fully saturated rings. The number of hydrogen-bond acceptors (Lipinski definition) is 5. The van der Waals surface area contributed by atoms with Crippen molar-refractivity contribution in [1.29, 1.82) is 0 Å². The lowest BCUT2D eigenvalue weighted by molar-refractivity contribution is -0.135. The second-order valence-electron chi connectivity index (χ2n) is 11.7. The monoisotopic (exact) mass is 490 g/mol. The molecule has 0 aliphatic carbocycles. The highest BCUT2D eigenvalue weighted by atomic mass is 32.1. The third kappa shape index (κ3) is 5.12. The number of aryl methyl sites for hydroxylation is 1. The number of imidazole rings is 1. The van der Waals surface area contributed by atoms with Crippen LogP contribution < -0.4 is 4.43 Å². The summed E-state index contributed by atoms with van der Waals surface area (Å²) in [5, 5.41) is 0.179. The van der Waals surface area contributed by atoms with Gasteiger partial charge in [-0.2, -0.15) is 0 Å². The van der Waals surface area contributed by atoms with Gasteiger partial charge in [0.15, 0.2) is 4.96 Å². The molecule has 0 bridgehead atoms. The molecule has 2 aromatic heterocycles. The van der Waals surface area contributed by atoms with Gasteiger partial charge in [-0.3, -0.25) is 9.20 Å². The Balaban J connectivity index is 1.73. The first-order valence-corrected chi connectivity index (χ1v) is 17.9. The van der Waals surface area contributed by atoms with Crippen LogP contribution in [0.15, 0.2) is 24.4 Å². The lowest BCUT2D eigenvalue weighted by atomic mass is 10.2. The Morgan fingerprint density at radius 3 is 2.25 bits per heavy atom. The maximum absolute atomic E-state index is 12.4. The summed E-state index contributed by atoms with van der Waals surface area (Å²) in [7, 11) is -3.95. The van der Waals surface area contributed by atoms with Crippen molar-refractivity contribution in [2.24, 2.45) is 0 Å². The number of rotatable bonds is 6. The second kappa shape index (κ2) is 8.29. The molecule has 2 heterocycles. The molecule has 5 nitrogen and oxygen atoms in total. The molecular formula is C24H38N2O3SSi2. The van der Waals surface area contributed by atoms with E-state index in [0.29, 0.717) is 12.8 Å². The molecule has 176 valence electrons. The van der Waals surface area contributed by atoms with Crippen LogP contribution >= 0.6 is 11.3 Å². The number of thiazole rings is 1. The molecule has 3 aromatic rings. The molecular weight excluding hydrogens is 453 g/mol. The molecule has 0 saturated heterocycles. The van der Waals surface area contributed by atoms with E-state index in [4.69, 9.17) is 13.8 Å². The van der Waals surface area contributed by atoms with Crippen LogP contribution in [-0.2, 0) is 15.6 Å². The molecule has 0 unspecified atom stereocenters. The van der Waals surface area contributed by atoms with Gasteiger partial charge in [0.25, 0.3) is 14.3 Å². The first-order valence-electron chi connectivity index (χ1n) is 11.3. The highest BCUT2D eigenvalue weighted by Crippen LogP contribution is 2.39. The van der Waals surface area contributed by atoms with Crippen LogP contribution in [0.5, 0.6) is 5.75 Å². The minimum Gasteiger partial charge on any atom is -0.543 e. The largest absolute Gasteiger partial charge is 0.543 e. The Kier molecular flexibility index (Phi) is 6.47. The maximum atomic E-state index is 12.4. The molecule has 0 radical (unpaired) electrons. The van der Waals surface area contributed by atoms with Crippen LogP contribution in [0.1, 0.15) is 53.7 Å². The molecule has 3 rings (SSSR count). The summed E-state index contributed by atoms with van der Waals surface area (Å²) in [6, 6.07) is 6.30. The van der Waals surface area contributed by atoms with Gasteiger partial charge < -0.3 is 8.85 Å². The summed E-state index contributed by atoms with van der Waals surface area (Å²) >= 11 is 1.66. The molecule has 0 amide bonds. The third-order valence-corrected chi connectivity index (χ3v) is 16.8. The van der Waals surface area contributed by atoms with Gasteiger partial charge in [-0.15, -0.1) is 0 Å². The highest BCUT2D eigenvalue weighted by molar-refractivity contribution is 7.23.